The molecule has 2 fully saturated rings. The van der Waals surface area contributed by atoms with E-state index in [-0.39, 0.29) is 13.2 Å². The van der Waals surface area contributed by atoms with Gasteiger partial charge in [-0.05, 0) is 88.3 Å². The zero-order valence-corrected chi connectivity index (χ0v) is 31.5. The SMILES string of the molecule is O=C(OC(COc1ccn(-c2ccc(Cl)c(Cl)c2)n1)CN1CCCCC1)C(=O)OC(COc1ccn(-c2ccc(Cl)c(Cl)c2)n1)CN1CCCCC1. The molecule has 0 radical (unpaired) electrons. The predicted molar refractivity (Wildman–Crippen MR) is 198 cm³/mol. The molecule has 278 valence electrons. The fourth-order valence-corrected chi connectivity index (χ4v) is 6.76. The van der Waals surface area contributed by atoms with E-state index < -0.39 is 24.1 Å². The molecular weight excluding hydrogens is 754 g/mol. The van der Waals surface area contributed by atoms with Crippen molar-refractivity contribution in [1.82, 2.24) is 29.4 Å². The molecule has 16 heteroatoms. The lowest BCUT2D eigenvalue weighted by Gasteiger charge is -2.30. The first-order valence-electron chi connectivity index (χ1n) is 17.3. The van der Waals surface area contributed by atoms with Gasteiger partial charge >= 0.3 is 11.9 Å². The van der Waals surface area contributed by atoms with Gasteiger partial charge in [0.25, 0.3) is 0 Å². The van der Waals surface area contributed by atoms with Crippen molar-refractivity contribution in [1.29, 1.82) is 0 Å². The predicted octanol–water partition coefficient (Wildman–Crippen LogP) is 6.92. The highest BCUT2D eigenvalue weighted by Crippen LogP contribution is 2.26. The highest BCUT2D eigenvalue weighted by molar-refractivity contribution is 6.42. The number of hydrogen-bond donors (Lipinski definition) is 0. The van der Waals surface area contributed by atoms with Crippen LogP contribution in [0.2, 0.25) is 20.1 Å². The molecule has 0 amide bonds. The van der Waals surface area contributed by atoms with Crippen molar-refractivity contribution < 1.29 is 28.5 Å². The van der Waals surface area contributed by atoms with Gasteiger partial charge in [-0.1, -0.05) is 59.2 Å². The number of piperidine rings is 2. The van der Waals surface area contributed by atoms with E-state index in [2.05, 4.69) is 20.0 Å². The fraction of sp³-hybridized carbons (Fsp3) is 0.444. The Bertz CT molecular complexity index is 1680. The Morgan fingerprint density at radius 3 is 1.37 bits per heavy atom. The van der Waals surface area contributed by atoms with E-state index in [1.807, 2.05) is 0 Å². The van der Waals surface area contributed by atoms with E-state index in [1.54, 1.807) is 70.3 Å². The lowest BCUT2D eigenvalue weighted by atomic mass is 10.1. The number of benzene rings is 2. The molecular formula is C36H40Cl4N6O6. The topological polar surface area (TPSA) is 113 Å². The average Bonchev–Trinajstić information content (AvgIpc) is 3.83. The van der Waals surface area contributed by atoms with Gasteiger partial charge in [-0.25, -0.2) is 19.0 Å². The maximum Gasteiger partial charge on any atom is 0.417 e. The molecule has 0 spiro atoms. The maximum absolute atomic E-state index is 13.3. The van der Waals surface area contributed by atoms with E-state index in [0.717, 1.165) is 64.7 Å². The van der Waals surface area contributed by atoms with Crippen molar-refractivity contribution in [3.8, 4) is 23.1 Å². The molecule has 2 aromatic carbocycles. The van der Waals surface area contributed by atoms with E-state index >= 15 is 0 Å². The summed E-state index contributed by atoms with van der Waals surface area (Å²) < 4.78 is 26.6. The van der Waals surface area contributed by atoms with Gasteiger partial charge in [0.15, 0.2) is 0 Å². The van der Waals surface area contributed by atoms with Crippen LogP contribution in [-0.4, -0.2) is 106 Å². The second kappa shape index (κ2) is 18.5. The minimum Gasteiger partial charge on any atom is -0.473 e. The summed E-state index contributed by atoms with van der Waals surface area (Å²) in [7, 11) is 0. The summed E-state index contributed by atoms with van der Waals surface area (Å²) in [5.74, 6) is -1.57. The van der Waals surface area contributed by atoms with Crippen molar-refractivity contribution in [2.75, 3.05) is 52.5 Å². The van der Waals surface area contributed by atoms with Crippen molar-refractivity contribution in [3.05, 3.63) is 81.0 Å². The Morgan fingerprint density at radius 1 is 0.577 bits per heavy atom. The molecule has 0 saturated carbocycles. The molecule has 0 aliphatic carbocycles. The van der Waals surface area contributed by atoms with Gasteiger partial charge in [0.1, 0.15) is 25.4 Å². The third-order valence-corrected chi connectivity index (χ3v) is 10.3. The van der Waals surface area contributed by atoms with Crippen LogP contribution in [0.4, 0.5) is 0 Å². The Morgan fingerprint density at radius 2 is 0.981 bits per heavy atom. The number of aromatic nitrogens is 4. The summed E-state index contributed by atoms with van der Waals surface area (Å²) in [6.07, 6.45) is 8.40. The Labute approximate surface area is 322 Å². The quantitative estimate of drug-likeness (QED) is 0.0985. The number of carbonyl (C=O) groups is 2. The largest absolute Gasteiger partial charge is 0.473 e. The molecule has 52 heavy (non-hydrogen) atoms. The number of rotatable bonds is 14. The van der Waals surface area contributed by atoms with Crippen molar-refractivity contribution >= 4 is 58.3 Å². The number of halogens is 4. The molecule has 2 saturated heterocycles. The van der Waals surface area contributed by atoms with Gasteiger partial charge in [0.05, 0.1) is 31.5 Å². The van der Waals surface area contributed by atoms with E-state index in [0.29, 0.717) is 56.3 Å². The van der Waals surface area contributed by atoms with Gasteiger partial charge in [-0.2, -0.15) is 0 Å². The number of esters is 2. The molecule has 4 aromatic rings. The molecule has 2 unspecified atom stereocenters. The van der Waals surface area contributed by atoms with Crippen LogP contribution in [0.3, 0.4) is 0 Å². The summed E-state index contributed by atoms with van der Waals surface area (Å²) in [6, 6.07) is 13.7. The molecule has 4 heterocycles. The normalized spacial score (nSPS) is 16.6. The molecule has 12 nitrogen and oxygen atoms in total. The van der Waals surface area contributed by atoms with Gasteiger partial charge < -0.3 is 18.9 Å². The van der Waals surface area contributed by atoms with Crippen LogP contribution in [0.1, 0.15) is 38.5 Å². The van der Waals surface area contributed by atoms with Crippen LogP contribution < -0.4 is 9.47 Å². The lowest BCUT2D eigenvalue weighted by molar-refractivity contribution is -0.177. The second-order valence-electron chi connectivity index (χ2n) is 12.8. The molecule has 6 rings (SSSR count). The third kappa shape index (κ3) is 10.8. The number of carbonyl (C=O) groups excluding carboxylic acids is 2. The van der Waals surface area contributed by atoms with Crippen LogP contribution in [0.15, 0.2) is 60.9 Å². The Kier molecular flexibility index (Phi) is 13.6. The highest BCUT2D eigenvalue weighted by Gasteiger charge is 2.30. The van der Waals surface area contributed by atoms with Crippen LogP contribution in [-0.2, 0) is 19.1 Å². The summed E-state index contributed by atoms with van der Waals surface area (Å²) >= 11 is 24.5. The Balaban J connectivity index is 1.08. The number of nitrogens with zero attached hydrogens (tertiary/aromatic N) is 6. The summed E-state index contributed by atoms with van der Waals surface area (Å²) in [5, 5.41) is 10.6. The Hall–Kier alpha value is -3.52. The van der Waals surface area contributed by atoms with Gasteiger partial charge in [0, 0.05) is 37.6 Å². The van der Waals surface area contributed by atoms with Gasteiger partial charge in [-0.3, -0.25) is 9.80 Å². The summed E-state index contributed by atoms with van der Waals surface area (Å²) in [5.41, 5.74) is 1.40. The highest BCUT2D eigenvalue weighted by atomic mass is 35.5. The number of hydrogen-bond acceptors (Lipinski definition) is 10. The fourth-order valence-electron chi connectivity index (χ4n) is 6.17. The maximum atomic E-state index is 13.3. The van der Waals surface area contributed by atoms with Gasteiger partial charge in [-0.15, -0.1) is 10.2 Å². The molecule has 2 aliphatic heterocycles. The van der Waals surface area contributed by atoms with Crippen molar-refractivity contribution in [3.63, 3.8) is 0 Å². The smallest absolute Gasteiger partial charge is 0.417 e. The van der Waals surface area contributed by atoms with Crippen molar-refractivity contribution in [2.24, 2.45) is 0 Å². The van der Waals surface area contributed by atoms with E-state index in [4.69, 9.17) is 65.4 Å². The molecule has 0 N–H and O–H groups in total. The lowest BCUT2D eigenvalue weighted by Crippen LogP contribution is -2.44. The molecule has 2 aromatic heterocycles. The minimum atomic E-state index is -1.10. The second-order valence-corrected chi connectivity index (χ2v) is 14.4. The van der Waals surface area contributed by atoms with Crippen LogP contribution >= 0.6 is 46.4 Å². The molecule has 2 atom stereocenters. The van der Waals surface area contributed by atoms with E-state index in [9.17, 15) is 9.59 Å². The first-order chi connectivity index (χ1) is 25.2. The van der Waals surface area contributed by atoms with Crippen LogP contribution in [0.25, 0.3) is 11.4 Å². The zero-order valence-electron chi connectivity index (χ0n) is 28.5. The summed E-state index contributed by atoms with van der Waals surface area (Å²) in [6.45, 7) is 4.20. The molecule has 0 bridgehead atoms. The summed E-state index contributed by atoms with van der Waals surface area (Å²) in [4.78, 5) is 30.9. The van der Waals surface area contributed by atoms with Crippen LogP contribution in [0.5, 0.6) is 11.8 Å². The zero-order chi connectivity index (χ0) is 36.5. The first-order valence-corrected chi connectivity index (χ1v) is 18.9. The van der Waals surface area contributed by atoms with Gasteiger partial charge in [0.2, 0.25) is 11.8 Å². The first kappa shape index (κ1) is 38.2. The minimum absolute atomic E-state index is 0.0181. The molecule has 2 aliphatic rings. The van der Waals surface area contributed by atoms with Crippen LogP contribution in [0, 0.1) is 0 Å². The monoisotopic (exact) mass is 792 g/mol. The van der Waals surface area contributed by atoms with E-state index in [1.165, 1.54) is 0 Å². The standard InChI is InChI=1S/C36H40Cl4N6O6/c37-29-9-7-25(19-31(29)39)45-17-11-33(41-45)49-23-27(21-43-13-3-1-4-14-43)51-35(47)36(48)52-28(22-44-15-5-2-6-16-44)24-50-34-12-18-46(42-34)26-8-10-30(38)32(40)20-26/h7-12,17-20,27-28H,1-6,13-16,21-24H2. The number of likely N-dealkylation sites (tertiary alicyclic amines) is 2. The average molecular weight is 795 g/mol. The van der Waals surface area contributed by atoms with Crippen molar-refractivity contribution in [2.45, 2.75) is 50.7 Å². The number of ether oxygens (including phenoxy) is 4. The third-order valence-electron chi connectivity index (χ3n) is 8.83.